The summed E-state index contributed by atoms with van der Waals surface area (Å²) in [6.45, 7) is 7.38. The Balaban J connectivity index is 1.57. The number of aromatic nitrogens is 4. The molecule has 1 aromatic carbocycles. The van der Waals surface area contributed by atoms with E-state index in [0.29, 0.717) is 48.8 Å². The molecule has 4 bridgehead atoms. The van der Waals surface area contributed by atoms with E-state index in [1.54, 1.807) is 43.0 Å². The van der Waals surface area contributed by atoms with E-state index in [4.69, 9.17) is 14.5 Å². The third kappa shape index (κ3) is 8.61. The molecule has 2 N–H and O–H groups in total. The van der Waals surface area contributed by atoms with E-state index in [9.17, 15) is 31.5 Å². The van der Waals surface area contributed by atoms with Crippen molar-refractivity contribution in [3.8, 4) is 22.8 Å². The molecule has 0 spiro atoms. The number of pyridine rings is 2. The van der Waals surface area contributed by atoms with Crippen molar-refractivity contribution in [1.29, 1.82) is 0 Å². The molecule has 1 aliphatic heterocycles. The zero-order chi connectivity index (χ0) is 37.2. The monoisotopic (exact) mass is 730 g/mol. The van der Waals surface area contributed by atoms with E-state index in [-0.39, 0.29) is 23.3 Å². The molecule has 51 heavy (non-hydrogen) atoms. The maximum absolute atomic E-state index is 13.7. The second-order valence-corrected chi connectivity index (χ2v) is 15.3. The Kier molecular flexibility index (Phi) is 10.7. The van der Waals surface area contributed by atoms with Crippen molar-refractivity contribution in [2.24, 2.45) is 10.8 Å². The Hall–Kier alpha value is -4.70. The molecule has 0 saturated carbocycles. The molecule has 3 aromatic heterocycles. The third-order valence-corrected chi connectivity index (χ3v) is 9.85. The van der Waals surface area contributed by atoms with Crippen LogP contribution in [0.4, 0.5) is 24.8 Å². The maximum Gasteiger partial charge on any atom is 0.397 e. The van der Waals surface area contributed by atoms with Crippen LogP contribution >= 0.6 is 0 Å². The maximum atomic E-state index is 13.7. The van der Waals surface area contributed by atoms with Crippen LogP contribution in [0.3, 0.4) is 0 Å². The number of hydrogen-bond donors (Lipinski definition) is 2. The minimum atomic E-state index is -4.48. The number of nitrogens with zero attached hydrogens (tertiary/aromatic N) is 5. The quantitative estimate of drug-likeness (QED) is 0.206. The summed E-state index contributed by atoms with van der Waals surface area (Å²) in [5.74, 6) is -0.766. The number of fused-ring (bicyclic) bond motifs is 6. The number of carboxylic acids is 1. The largest absolute Gasteiger partial charge is 0.481 e. The van der Waals surface area contributed by atoms with Crippen LogP contribution in [-0.4, -0.2) is 71.7 Å². The molecule has 0 radical (unpaired) electrons. The van der Waals surface area contributed by atoms with Gasteiger partial charge in [-0.25, -0.2) is 14.6 Å². The van der Waals surface area contributed by atoms with Gasteiger partial charge in [-0.1, -0.05) is 30.3 Å². The highest BCUT2D eigenvalue weighted by atomic mass is 32.2. The summed E-state index contributed by atoms with van der Waals surface area (Å²) in [5, 5.41) is 13.9. The van der Waals surface area contributed by atoms with Crippen molar-refractivity contribution in [2.45, 2.75) is 64.8 Å². The Morgan fingerprint density at radius 2 is 1.76 bits per heavy atom. The van der Waals surface area contributed by atoms with E-state index >= 15 is 0 Å². The number of alkyl halides is 3. The van der Waals surface area contributed by atoms with Crippen LogP contribution in [-0.2, 0) is 19.6 Å². The molecule has 5 rings (SSSR count). The highest BCUT2D eigenvalue weighted by molar-refractivity contribution is 7.92. The number of ether oxygens (including phenoxy) is 2. The number of rotatable bonds is 7. The highest BCUT2D eigenvalue weighted by Crippen LogP contribution is 2.38. The summed E-state index contributed by atoms with van der Waals surface area (Å²) in [6.07, 6.45) is -2.16. The van der Waals surface area contributed by atoms with E-state index in [1.807, 2.05) is 25.1 Å². The van der Waals surface area contributed by atoms with Crippen LogP contribution in [0.15, 0.2) is 71.9 Å². The number of carboxylic acid groups (broad SMARTS) is 1. The van der Waals surface area contributed by atoms with Crippen molar-refractivity contribution in [3.05, 3.63) is 72.4 Å². The number of sulfonamides is 1. The number of benzene rings is 1. The fourth-order valence-corrected chi connectivity index (χ4v) is 6.27. The smallest absolute Gasteiger partial charge is 0.397 e. The molecule has 4 heterocycles. The summed E-state index contributed by atoms with van der Waals surface area (Å²) in [7, 11) is -4.30. The number of hydrogen-bond acceptors (Lipinski definition) is 9. The number of nitrogens with one attached hydrogen (secondary N) is 1. The van der Waals surface area contributed by atoms with Gasteiger partial charge in [0.05, 0.1) is 28.3 Å². The van der Waals surface area contributed by atoms with Crippen LogP contribution in [0.25, 0.3) is 16.9 Å². The van der Waals surface area contributed by atoms with Gasteiger partial charge in [0.15, 0.2) is 5.03 Å². The molecule has 1 atom stereocenters. The van der Waals surface area contributed by atoms with Gasteiger partial charge >= 0.3 is 12.1 Å². The molecule has 16 heteroatoms. The van der Waals surface area contributed by atoms with E-state index in [1.165, 1.54) is 29.1 Å². The third-order valence-electron chi connectivity index (χ3n) is 8.59. The molecule has 1 unspecified atom stereocenters. The average molecular weight is 731 g/mol. The molecule has 1 aliphatic rings. The number of anilines is 2. The number of aliphatic carboxylic acids is 1. The average Bonchev–Trinajstić information content (AvgIpc) is 3.54. The lowest BCUT2D eigenvalue weighted by Crippen LogP contribution is -2.40. The Morgan fingerprint density at radius 1 is 1.02 bits per heavy atom. The predicted molar refractivity (Wildman–Crippen MR) is 184 cm³/mol. The van der Waals surface area contributed by atoms with Gasteiger partial charge in [0.1, 0.15) is 18.2 Å². The minimum Gasteiger partial charge on any atom is -0.481 e. The van der Waals surface area contributed by atoms with Crippen LogP contribution in [0.2, 0.25) is 0 Å². The van der Waals surface area contributed by atoms with Gasteiger partial charge in [-0.2, -0.15) is 21.6 Å². The molecular formula is C35H41F3N6O6S. The Morgan fingerprint density at radius 3 is 2.49 bits per heavy atom. The first-order valence-electron chi connectivity index (χ1n) is 16.3. The fourth-order valence-electron chi connectivity index (χ4n) is 5.31. The molecule has 4 aromatic rings. The minimum absolute atomic E-state index is 0.0342. The fraction of sp³-hybridized carbons (Fsp3) is 0.429. The second-order valence-electron chi connectivity index (χ2n) is 13.7. The summed E-state index contributed by atoms with van der Waals surface area (Å²) in [6, 6.07) is 16.3. The van der Waals surface area contributed by atoms with Crippen LogP contribution in [0.5, 0.6) is 5.88 Å². The summed E-state index contributed by atoms with van der Waals surface area (Å²) in [5.41, 5.74) is -1.17. The Bertz CT molecular complexity index is 1980. The summed E-state index contributed by atoms with van der Waals surface area (Å²) >= 11 is 0. The van der Waals surface area contributed by atoms with Gasteiger partial charge in [0, 0.05) is 37.5 Å². The summed E-state index contributed by atoms with van der Waals surface area (Å²) < 4.78 is 83.4. The van der Waals surface area contributed by atoms with Gasteiger partial charge in [0.2, 0.25) is 5.88 Å². The first-order chi connectivity index (χ1) is 23.9. The lowest BCUT2D eigenvalue weighted by molar-refractivity contribution is -0.219. The standard InChI is InChI=1S/C35H41F3N6O6S/c1-23-24-11-6-7-12-25(24)31-26(44-19-17-29(41-44)50-22-34(4,5)35(36,37)38)15-16-27(39-31)42-51(47,48)30-14-10-13-28(40-30)43(18-8-9-20-49-23)21-33(2,3)32(45)46/h6-7,10-17,19,23H,8-9,18,20-22H2,1-5H3,(H,39,42)(H,45,46). The van der Waals surface area contributed by atoms with Crippen LogP contribution in [0.1, 0.15) is 59.1 Å². The SMILES string of the molecule is CC1OCCCCN(CC(C)(C)C(=O)O)c2cccc(n2)S(=O)(=O)Nc2ccc(-n3ccc(OCC(C)(C)C(F)(F)F)n3)c(n2)-c2ccccc21. The van der Waals surface area contributed by atoms with Crippen LogP contribution in [0, 0.1) is 10.8 Å². The van der Waals surface area contributed by atoms with Gasteiger partial charge in [0.25, 0.3) is 10.0 Å². The molecule has 0 fully saturated rings. The normalized spacial score (nSPS) is 17.2. The zero-order valence-electron chi connectivity index (χ0n) is 28.9. The summed E-state index contributed by atoms with van der Waals surface area (Å²) in [4.78, 5) is 22.9. The zero-order valence-corrected chi connectivity index (χ0v) is 29.8. The molecule has 0 amide bonds. The number of halogens is 3. The second kappa shape index (κ2) is 14.5. The van der Waals surface area contributed by atoms with Crippen molar-refractivity contribution >= 4 is 27.6 Å². The Labute approximate surface area is 294 Å². The van der Waals surface area contributed by atoms with Crippen molar-refractivity contribution in [2.75, 3.05) is 35.9 Å². The molecule has 12 nitrogen and oxygen atoms in total. The van der Waals surface area contributed by atoms with Crippen LogP contribution < -0.4 is 14.4 Å². The molecular weight excluding hydrogens is 689 g/mol. The highest BCUT2D eigenvalue weighted by Gasteiger charge is 2.48. The van der Waals surface area contributed by atoms with Crippen molar-refractivity contribution in [3.63, 3.8) is 0 Å². The van der Waals surface area contributed by atoms with Crippen molar-refractivity contribution < 1.29 is 41.0 Å². The van der Waals surface area contributed by atoms with E-state index in [2.05, 4.69) is 14.8 Å². The van der Waals surface area contributed by atoms with Gasteiger partial charge < -0.3 is 19.5 Å². The first-order valence-corrected chi connectivity index (χ1v) is 17.8. The lowest BCUT2D eigenvalue weighted by atomic mass is 9.93. The molecule has 0 aliphatic carbocycles. The molecule has 274 valence electrons. The van der Waals surface area contributed by atoms with E-state index in [0.717, 1.165) is 19.4 Å². The van der Waals surface area contributed by atoms with E-state index < -0.39 is 45.7 Å². The predicted octanol–water partition coefficient (Wildman–Crippen LogP) is 6.89. The van der Waals surface area contributed by atoms with Gasteiger partial charge in [-0.15, -0.1) is 5.10 Å². The molecule has 0 saturated heterocycles. The lowest BCUT2D eigenvalue weighted by Gasteiger charge is -2.31. The van der Waals surface area contributed by atoms with Crippen molar-refractivity contribution in [1.82, 2.24) is 19.7 Å². The first kappa shape index (κ1) is 37.6. The number of carbonyl (C=O) groups is 1. The van der Waals surface area contributed by atoms with Gasteiger partial charge in [-0.3, -0.25) is 9.52 Å². The van der Waals surface area contributed by atoms with Gasteiger partial charge in [-0.05, 0) is 77.3 Å². The topological polar surface area (TPSA) is 149 Å².